The molecule has 0 aliphatic heterocycles. The molecular formula is C17H19BrFNO. The van der Waals surface area contributed by atoms with Gasteiger partial charge in [0.1, 0.15) is 5.82 Å². The predicted octanol–water partition coefficient (Wildman–Crippen LogP) is 4.58. The van der Waals surface area contributed by atoms with Crippen LogP contribution in [0.5, 0.6) is 0 Å². The molecule has 0 amide bonds. The van der Waals surface area contributed by atoms with E-state index in [0.29, 0.717) is 6.61 Å². The number of hydrogen-bond acceptors (Lipinski definition) is 2. The Morgan fingerprint density at radius 3 is 2.29 bits per heavy atom. The van der Waals surface area contributed by atoms with E-state index in [1.807, 2.05) is 31.2 Å². The lowest BCUT2D eigenvalue weighted by Gasteiger charge is -2.24. The van der Waals surface area contributed by atoms with Crippen LogP contribution in [-0.2, 0) is 11.3 Å². The smallest absolute Gasteiger partial charge is 0.123 e. The summed E-state index contributed by atoms with van der Waals surface area (Å²) in [5.41, 5.74) is 8.13. The average molecular weight is 352 g/mol. The predicted molar refractivity (Wildman–Crippen MR) is 86.3 cm³/mol. The van der Waals surface area contributed by atoms with Crippen molar-refractivity contribution in [1.29, 1.82) is 0 Å². The molecule has 2 atom stereocenters. The van der Waals surface area contributed by atoms with Crippen LogP contribution in [0.3, 0.4) is 0 Å². The van der Waals surface area contributed by atoms with Crippen molar-refractivity contribution in [2.24, 2.45) is 5.73 Å². The van der Waals surface area contributed by atoms with Gasteiger partial charge in [-0.15, -0.1) is 0 Å². The quantitative estimate of drug-likeness (QED) is 0.826. The van der Waals surface area contributed by atoms with E-state index in [0.717, 1.165) is 22.0 Å². The van der Waals surface area contributed by atoms with E-state index in [-0.39, 0.29) is 18.0 Å². The minimum absolute atomic E-state index is 0.120. The highest BCUT2D eigenvalue weighted by Crippen LogP contribution is 2.24. The third-order valence-electron chi connectivity index (χ3n) is 3.40. The number of ether oxygens (including phenoxy) is 1. The van der Waals surface area contributed by atoms with Crippen LogP contribution in [0.15, 0.2) is 53.0 Å². The molecule has 2 aromatic rings. The third kappa shape index (κ3) is 4.63. The summed E-state index contributed by atoms with van der Waals surface area (Å²) in [5, 5.41) is 0. The molecule has 2 rings (SSSR count). The molecule has 2 aromatic carbocycles. The standard InChI is InChI=1S/C17H19BrFNO/c1-2-16(20)17(13-5-9-15(19)10-6-13)21-11-12-3-7-14(18)8-4-12/h3-10,16-17H,2,11,20H2,1H3. The van der Waals surface area contributed by atoms with Crippen molar-refractivity contribution >= 4 is 15.9 Å². The van der Waals surface area contributed by atoms with Gasteiger partial charge in [-0.1, -0.05) is 47.1 Å². The summed E-state index contributed by atoms with van der Waals surface area (Å²) in [5.74, 6) is -0.254. The zero-order valence-electron chi connectivity index (χ0n) is 11.9. The first kappa shape index (κ1) is 16.1. The molecule has 0 radical (unpaired) electrons. The van der Waals surface area contributed by atoms with Crippen LogP contribution < -0.4 is 5.73 Å². The second kappa shape index (κ2) is 7.69. The van der Waals surface area contributed by atoms with E-state index in [1.54, 1.807) is 12.1 Å². The zero-order valence-corrected chi connectivity index (χ0v) is 13.5. The maximum atomic E-state index is 13.0. The van der Waals surface area contributed by atoms with Crippen molar-refractivity contribution in [3.8, 4) is 0 Å². The molecule has 4 heteroatoms. The summed E-state index contributed by atoms with van der Waals surface area (Å²) < 4.78 is 20.1. The molecule has 0 saturated heterocycles. The topological polar surface area (TPSA) is 35.2 Å². The first-order valence-electron chi connectivity index (χ1n) is 6.97. The van der Waals surface area contributed by atoms with E-state index in [1.165, 1.54) is 12.1 Å². The van der Waals surface area contributed by atoms with Crippen molar-refractivity contribution in [2.75, 3.05) is 0 Å². The highest BCUT2D eigenvalue weighted by molar-refractivity contribution is 9.10. The Morgan fingerprint density at radius 2 is 1.71 bits per heavy atom. The van der Waals surface area contributed by atoms with Gasteiger partial charge in [-0.25, -0.2) is 4.39 Å². The maximum Gasteiger partial charge on any atom is 0.123 e. The van der Waals surface area contributed by atoms with Gasteiger partial charge < -0.3 is 10.5 Å². The largest absolute Gasteiger partial charge is 0.367 e. The van der Waals surface area contributed by atoms with E-state index in [2.05, 4.69) is 15.9 Å². The molecule has 0 fully saturated rings. The first-order valence-corrected chi connectivity index (χ1v) is 7.76. The average Bonchev–Trinajstić information content (AvgIpc) is 2.50. The highest BCUT2D eigenvalue weighted by Gasteiger charge is 2.19. The van der Waals surface area contributed by atoms with Gasteiger partial charge in [-0.3, -0.25) is 0 Å². The summed E-state index contributed by atoms with van der Waals surface area (Å²) in [6.45, 7) is 2.49. The van der Waals surface area contributed by atoms with Gasteiger partial charge in [0.05, 0.1) is 12.7 Å². The van der Waals surface area contributed by atoms with Crippen LogP contribution in [0.2, 0.25) is 0 Å². The van der Waals surface area contributed by atoms with Crippen LogP contribution in [0.4, 0.5) is 4.39 Å². The Bertz CT molecular complexity index is 556. The van der Waals surface area contributed by atoms with Gasteiger partial charge in [0.2, 0.25) is 0 Å². The van der Waals surface area contributed by atoms with Gasteiger partial charge in [0.25, 0.3) is 0 Å². The second-order valence-electron chi connectivity index (χ2n) is 4.98. The molecule has 112 valence electrons. The van der Waals surface area contributed by atoms with Crippen molar-refractivity contribution in [2.45, 2.75) is 32.1 Å². The fraction of sp³-hybridized carbons (Fsp3) is 0.294. The van der Waals surface area contributed by atoms with Crippen LogP contribution in [0, 0.1) is 5.82 Å². The van der Waals surface area contributed by atoms with Gasteiger partial charge in [0.15, 0.2) is 0 Å². The Labute approximate surface area is 133 Å². The number of halogens is 2. The summed E-state index contributed by atoms with van der Waals surface area (Å²) >= 11 is 3.41. The molecule has 21 heavy (non-hydrogen) atoms. The minimum atomic E-state index is -0.254. The van der Waals surface area contributed by atoms with Gasteiger partial charge in [-0.05, 0) is 41.8 Å². The molecule has 2 nitrogen and oxygen atoms in total. The monoisotopic (exact) mass is 351 g/mol. The second-order valence-corrected chi connectivity index (χ2v) is 5.90. The van der Waals surface area contributed by atoms with Crippen molar-refractivity contribution in [3.05, 3.63) is 69.9 Å². The molecule has 2 unspecified atom stereocenters. The number of hydrogen-bond donors (Lipinski definition) is 1. The van der Waals surface area contributed by atoms with Crippen LogP contribution in [0.25, 0.3) is 0 Å². The van der Waals surface area contributed by atoms with E-state index < -0.39 is 0 Å². The fourth-order valence-corrected chi connectivity index (χ4v) is 2.36. The Kier molecular flexibility index (Phi) is 5.91. The Balaban J connectivity index is 2.09. The minimum Gasteiger partial charge on any atom is -0.367 e. The number of benzene rings is 2. The van der Waals surface area contributed by atoms with Crippen molar-refractivity contribution in [1.82, 2.24) is 0 Å². The molecule has 0 aromatic heterocycles. The molecule has 0 heterocycles. The lowest BCUT2D eigenvalue weighted by Crippen LogP contribution is -2.29. The van der Waals surface area contributed by atoms with Crippen LogP contribution >= 0.6 is 15.9 Å². The third-order valence-corrected chi connectivity index (χ3v) is 3.93. The van der Waals surface area contributed by atoms with E-state index in [9.17, 15) is 4.39 Å². The normalized spacial score (nSPS) is 13.9. The van der Waals surface area contributed by atoms with Gasteiger partial charge in [0, 0.05) is 10.5 Å². The zero-order chi connectivity index (χ0) is 15.2. The van der Waals surface area contributed by atoms with Gasteiger partial charge >= 0.3 is 0 Å². The summed E-state index contributed by atoms with van der Waals surface area (Å²) in [7, 11) is 0. The highest BCUT2D eigenvalue weighted by atomic mass is 79.9. The van der Waals surface area contributed by atoms with Crippen LogP contribution in [-0.4, -0.2) is 6.04 Å². The molecule has 0 bridgehead atoms. The Hall–Kier alpha value is -1.23. The molecular weight excluding hydrogens is 333 g/mol. The fourth-order valence-electron chi connectivity index (χ4n) is 2.10. The number of rotatable bonds is 6. The summed E-state index contributed by atoms with van der Waals surface area (Å²) in [4.78, 5) is 0. The van der Waals surface area contributed by atoms with Gasteiger partial charge in [-0.2, -0.15) is 0 Å². The lowest BCUT2D eigenvalue weighted by atomic mass is 10.0. The Morgan fingerprint density at radius 1 is 1.10 bits per heavy atom. The summed E-state index contributed by atoms with van der Waals surface area (Å²) in [6, 6.07) is 14.2. The SMILES string of the molecule is CCC(N)C(OCc1ccc(Br)cc1)c1ccc(F)cc1. The molecule has 0 aliphatic carbocycles. The van der Waals surface area contributed by atoms with Crippen molar-refractivity contribution in [3.63, 3.8) is 0 Å². The first-order chi connectivity index (χ1) is 10.1. The molecule has 0 saturated carbocycles. The lowest BCUT2D eigenvalue weighted by molar-refractivity contribution is 0.0212. The molecule has 0 spiro atoms. The van der Waals surface area contributed by atoms with E-state index in [4.69, 9.17) is 10.5 Å². The molecule has 0 aliphatic rings. The van der Waals surface area contributed by atoms with E-state index >= 15 is 0 Å². The molecule has 2 N–H and O–H groups in total. The van der Waals surface area contributed by atoms with Crippen molar-refractivity contribution < 1.29 is 9.13 Å². The summed E-state index contributed by atoms with van der Waals surface area (Å²) in [6.07, 6.45) is 0.557. The number of nitrogens with two attached hydrogens (primary N) is 1. The van der Waals surface area contributed by atoms with Crippen LogP contribution in [0.1, 0.15) is 30.6 Å². The maximum absolute atomic E-state index is 13.0.